The largest absolute Gasteiger partial charge is 0.396 e. The minimum absolute atomic E-state index is 0.176. The number of thiol groups is 1. The molecule has 1 heterocycles. The predicted molar refractivity (Wildman–Crippen MR) is 45.0 cm³/mol. The first-order valence-electron chi connectivity index (χ1n) is 2.59. The number of aromatic nitrogens is 2. The van der Waals surface area contributed by atoms with Crippen molar-refractivity contribution in [3.63, 3.8) is 0 Å². The van der Waals surface area contributed by atoms with E-state index in [0.29, 0.717) is 10.8 Å². The van der Waals surface area contributed by atoms with E-state index in [1.165, 1.54) is 23.3 Å². The maximum Gasteiger partial charge on any atom is 0.142 e. The van der Waals surface area contributed by atoms with Gasteiger partial charge < -0.3 is 5.11 Å². The van der Waals surface area contributed by atoms with Gasteiger partial charge in [0.2, 0.25) is 0 Å². The van der Waals surface area contributed by atoms with Crippen LogP contribution >= 0.6 is 35.9 Å². The summed E-state index contributed by atoms with van der Waals surface area (Å²) in [6.45, 7) is 0.176. The van der Waals surface area contributed by atoms with Crippen molar-refractivity contribution < 1.29 is 5.11 Å². The molecular formula is C4H6N2OS3. The third-order valence-corrected chi connectivity index (χ3v) is 3.32. The van der Waals surface area contributed by atoms with Crippen LogP contribution in [0.5, 0.6) is 0 Å². The smallest absolute Gasteiger partial charge is 0.142 e. The molecule has 0 aliphatic rings. The van der Waals surface area contributed by atoms with Crippen molar-refractivity contribution in [2.24, 2.45) is 0 Å². The van der Waals surface area contributed by atoms with Gasteiger partial charge in [-0.1, -0.05) is 4.49 Å². The highest BCUT2D eigenvalue weighted by molar-refractivity contribution is 8.01. The summed E-state index contributed by atoms with van der Waals surface area (Å²) in [6, 6.07) is 0. The van der Waals surface area contributed by atoms with Crippen molar-refractivity contribution >= 4 is 35.9 Å². The molecule has 1 aromatic rings. The van der Waals surface area contributed by atoms with Crippen molar-refractivity contribution in [1.29, 1.82) is 0 Å². The van der Waals surface area contributed by atoms with E-state index in [1.54, 1.807) is 0 Å². The third kappa shape index (κ3) is 2.12. The Balaban J connectivity index is 2.49. The topological polar surface area (TPSA) is 46.0 Å². The van der Waals surface area contributed by atoms with E-state index < -0.39 is 0 Å². The molecule has 0 aliphatic carbocycles. The summed E-state index contributed by atoms with van der Waals surface area (Å²) >= 11 is 6.88. The molecule has 0 saturated heterocycles. The minimum Gasteiger partial charge on any atom is -0.396 e. The molecule has 6 heteroatoms. The third-order valence-electron chi connectivity index (χ3n) is 0.766. The normalized spacial score (nSPS) is 10.2. The molecule has 1 aromatic heterocycles. The molecule has 0 radical (unpaired) electrons. The molecule has 3 nitrogen and oxygen atoms in total. The summed E-state index contributed by atoms with van der Waals surface area (Å²) in [5.41, 5.74) is 0. The molecule has 0 unspecified atom stereocenters. The summed E-state index contributed by atoms with van der Waals surface area (Å²) in [4.78, 5) is 0. The number of rotatable bonds is 3. The Kier molecular flexibility index (Phi) is 3.47. The van der Waals surface area contributed by atoms with Gasteiger partial charge >= 0.3 is 0 Å². The number of hydrogen-bond donors (Lipinski definition) is 2. The quantitative estimate of drug-likeness (QED) is 0.554. The Labute approximate surface area is 72.4 Å². The van der Waals surface area contributed by atoms with Crippen LogP contribution in [0.15, 0.2) is 9.24 Å². The van der Waals surface area contributed by atoms with Gasteiger partial charge in [-0.3, -0.25) is 0 Å². The van der Waals surface area contributed by atoms with Gasteiger partial charge in [-0.25, -0.2) is 0 Å². The van der Waals surface area contributed by atoms with E-state index in [-0.39, 0.29) is 6.61 Å². The number of hydrogen-bond acceptors (Lipinski definition) is 6. The van der Waals surface area contributed by atoms with E-state index in [4.69, 9.17) is 5.11 Å². The maximum atomic E-state index is 8.47. The summed E-state index contributed by atoms with van der Waals surface area (Å²) < 4.78 is 4.66. The van der Waals surface area contributed by atoms with Crippen LogP contribution < -0.4 is 0 Å². The average Bonchev–Trinajstić information content (AvgIpc) is 2.31. The lowest BCUT2D eigenvalue weighted by Crippen LogP contribution is -1.83. The first-order valence-corrected chi connectivity index (χ1v) is 4.80. The highest BCUT2D eigenvalue weighted by Crippen LogP contribution is 2.26. The van der Waals surface area contributed by atoms with E-state index in [0.717, 1.165) is 4.21 Å². The molecule has 0 bridgehead atoms. The molecule has 0 saturated carbocycles. The Morgan fingerprint density at radius 3 is 3.00 bits per heavy atom. The van der Waals surface area contributed by atoms with Crippen LogP contribution in [0.3, 0.4) is 0 Å². The summed E-state index contributed by atoms with van der Waals surface area (Å²) in [6.07, 6.45) is 0. The zero-order valence-corrected chi connectivity index (χ0v) is 7.55. The van der Waals surface area contributed by atoms with Gasteiger partial charge in [0.25, 0.3) is 0 Å². The number of aliphatic hydroxyl groups is 1. The monoisotopic (exact) mass is 194 g/mol. The Morgan fingerprint density at radius 1 is 1.70 bits per heavy atom. The lowest BCUT2D eigenvalue weighted by atomic mass is 10.9. The van der Waals surface area contributed by atoms with Crippen molar-refractivity contribution in [3.05, 3.63) is 0 Å². The summed E-state index contributed by atoms with van der Waals surface area (Å²) in [5, 5.41) is 12.8. The van der Waals surface area contributed by atoms with Crippen LogP contribution in [0.4, 0.5) is 0 Å². The maximum absolute atomic E-state index is 8.47. The van der Waals surface area contributed by atoms with E-state index in [1.807, 2.05) is 0 Å². The Bertz CT molecular complexity index is 202. The lowest BCUT2D eigenvalue weighted by molar-refractivity contribution is 0.322. The van der Waals surface area contributed by atoms with E-state index in [2.05, 4.69) is 22.2 Å². The number of thioether (sulfide) groups is 1. The van der Waals surface area contributed by atoms with Crippen molar-refractivity contribution in [2.45, 2.75) is 9.24 Å². The molecule has 0 amide bonds. The minimum atomic E-state index is 0.176. The van der Waals surface area contributed by atoms with Gasteiger partial charge in [-0.05, 0) is 11.5 Å². The molecule has 0 spiro atoms. The van der Waals surface area contributed by atoms with Crippen LogP contribution in [0.25, 0.3) is 0 Å². The molecule has 10 heavy (non-hydrogen) atoms. The fourth-order valence-corrected chi connectivity index (χ4v) is 2.15. The second-order valence-corrected chi connectivity index (χ2v) is 4.00. The molecule has 56 valence electrons. The van der Waals surface area contributed by atoms with Crippen molar-refractivity contribution in [2.75, 3.05) is 12.4 Å². The van der Waals surface area contributed by atoms with Gasteiger partial charge in [-0.15, -0.1) is 29.5 Å². The molecular weight excluding hydrogens is 188 g/mol. The van der Waals surface area contributed by atoms with E-state index >= 15 is 0 Å². The standard InChI is InChI=1S/C4H6N2OS3/c7-1-2-9-4-3(8)5-6-10-4/h7-8H,1-2H2. The van der Waals surface area contributed by atoms with Gasteiger partial charge in [-0.2, -0.15) is 0 Å². The first kappa shape index (κ1) is 8.32. The molecule has 0 fully saturated rings. The lowest BCUT2D eigenvalue weighted by Gasteiger charge is -1.91. The van der Waals surface area contributed by atoms with Crippen molar-refractivity contribution in [1.82, 2.24) is 9.59 Å². The Hall–Kier alpha value is 0.220. The molecule has 0 atom stereocenters. The first-order chi connectivity index (χ1) is 4.84. The predicted octanol–water partition coefficient (Wildman–Crippen LogP) is 0.911. The van der Waals surface area contributed by atoms with Crippen LogP contribution in [0.1, 0.15) is 0 Å². The summed E-state index contributed by atoms with van der Waals surface area (Å²) in [5.74, 6) is 0.678. The zero-order chi connectivity index (χ0) is 7.40. The SMILES string of the molecule is OCCSc1snnc1S. The zero-order valence-electron chi connectivity index (χ0n) is 5.02. The summed E-state index contributed by atoms with van der Waals surface area (Å²) in [7, 11) is 0. The average molecular weight is 194 g/mol. The Morgan fingerprint density at radius 2 is 2.50 bits per heavy atom. The van der Waals surface area contributed by atoms with Crippen molar-refractivity contribution in [3.8, 4) is 0 Å². The van der Waals surface area contributed by atoms with Gasteiger partial charge in [0.1, 0.15) is 9.24 Å². The highest BCUT2D eigenvalue weighted by Gasteiger charge is 2.02. The fraction of sp³-hybridized carbons (Fsp3) is 0.500. The van der Waals surface area contributed by atoms with Gasteiger partial charge in [0.05, 0.1) is 6.61 Å². The second kappa shape index (κ2) is 4.17. The number of aliphatic hydroxyl groups excluding tert-OH is 1. The van der Waals surface area contributed by atoms with Crippen LogP contribution in [-0.2, 0) is 0 Å². The molecule has 1 rings (SSSR count). The van der Waals surface area contributed by atoms with E-state index in [9.17, 15) is 0 Å². The van der Waals surface area contributed by atoms with Crippen LogP contribution in [-0.4, -0.2) is 27.1 Å². The molecule has 0 aromatic carbocycles. The van der Waals surface area contributed by atoms with Gasteiger partial charge in [0, 0.05) is 5.75 Å². The molecule has 0 aliphatic heterocycles. The molecule has 1 N–H and O–H groups in total. The fourth-order valence-electron chi connectivity index (χ4n) is 0.407. The number of nitrogens with zero attached hydrogens (tertiary/aromatic N) is 2. The van der Waals surface area contributed by atoms with Crippen LogP contribution in [0.2, 0.25) is 0 Å². The highest BCUT2D eigenvalue weighted by atomic mass is 32.2. The van der Waals surface area contributed by atoms with Crippen LogP contribution in [0, 0.1) is 0 Å². The second-order valence-electron chi connectivity index (χ2n) is 1.46. The van der Waals surface area contributed by atoms with Gasteiger partial charge in [0.15, 0.2) is 0 Å².